The lowest BCUT2D eigenvalue weighted by Gasteiger charge is -2.13. The van der Waals surface area contributed by atoms with Crippen molar-refractivity contribution in [2.75, 3.05) is 18.4 Å². The van der Waals surface area contributed by atoms with Crippen molar-refractivity contribution in [1.82, 2.24) is 0 Å². The van der Waals surface area contributed by atoms with Gasteiger partial charge >= 0.3 is 5.97 Å². The van der Waals surface area contributed by atoms with Crippen LogP contribution in [-0.2, 0) is 14.8 Å². The van der Waals surface area contributed by atoms with Crippen molar-refractivity contribution in [3.8, 4) is 5.75 Å². The number of carbonyl (C=O) groups excluding carboxylic acids is 1. The first-order valence-corrected chi connectivity index (χ1v) is 10.1. The third-order valence-corrected chi connectivity index (χ3v) is 6.35. The Kier molecular flexibility index (Phi) is 5.15. The molecule has 0 saturated heterocycles. The molecule has 1 aromatic heterocycles. The number of hydrogen-bond donors (Lipinski definition) is 1. The number of benzene rings is 2. The van der Waals surface area contributed by atoms with E-state index in [0.717, 1.165) is 11.3 Å². The highest BCUT2D eigenvalue weighted by atomic mass is 32.2. The molecule has 0 aliphatic heterocycles. The first kappa shape index (κ1) is 18.2. The zero-order valence-electron chi connectivity index (χ0n) is 14.2. The van der Waals surface area contributed by atoms with E-state index in [2.05, 4.69) is 4.72 Å². The summed E-state index contributed by atoms with van der Waals surface area (Å²) in [5.74, 6) is -0.276. The molecule has 6 nitrogen and oxygen atoms in total. The number of hydrogen-bond acceptors (Lipinski definition) is 6. The maximum Gasteiger partial charge on any atom is 0.349 e. The molecule has 0 bridgehead atoms. The van der Waals surface area contributed by atoms with Gasteiger partial charge in [-0.2, -0.15) is 0 Å². The van der Waals surface area contributed by atoms with Crippen LogP contribution in [0.5, 0.6) is 5.75 Å². The van der Waals surface area contributed by atoms with E-state index < -0.39 is 16.0 Å². The average molecular weight is 391 g/mol. The SMILES string of the molecule is CCOc1ccccc1NS(=O)(=O)c1c(C(=O)OC)sc2ccccc12. The molecule has 0 aliphatic rings. The van der Waals surface area contributed by atoms with Crippen molar-refractivity contribution < 1.29 is 22.7 Å². The van der Waals surface area contributed by atoms with Crippen molar-refractivity contribution in [1.29, 1.82) is 0 Å². The highest BCUT2D eigenvalue weighted by molar-refractivity contribution is 7.93. The van der Waals surface area contributed by atoms with Gasteiger partial charge in [0.1, 0.15) is 15.5 Å². The van der Waals surface area contributed by atoms with Crippen molar-refractivity contribution in [3.63, 3.8) is 0 Å². The number of nitrogens with one attached hydrogen (secondary N) is 1. The molecule has 0 spiro atoms. The second-order valence-corrected chi connectivity index (χ2v) is 7.95. The van der Waals surface area contributed by atoms with Gasteiger partial charge in [-0.05, 0) is 25.1 Å². The predicted molar refractivity (Wildman–Crippen MR) is 102 cm³/mol. The minimum absolute atomic E-state index is 0.0371. The fraction of sp³-hybridized carbons (Fsp3) is 0.167. The van der Waals surface area contributed by atoms with E-state index in [9.17, 15) is 13.2 Å². The third-order valence-electron chi connectivity index (χ3n) is 3.62. The number of sulfonamides is 1. The quantitative estimate of drug-likeness (QED) is 0.645. The number of para-hydroxylation sites is 2. The second-order valence-electron chi connectivity index (χ2n) is 5.28. The molecular formula is C18H17NO5S2. The number of methoxy groups -OCH3 is 1. The summed E-state index contributed by atoms with van der Waals surface area (Å²) in [6.07, 6.45) is 0. The van der Waals surface area contributed by atoms with Crippen molar-refractivity contribution in [2.24, 2.45) is 0 Å². The van der Waals surface area contributed by atoms with Gasteiger partial charge in [-0.1, -0.05) is 30.3 Å². The Labute approximate surface area is 155 Å². The van der Waals surface area contributed by atoms with Crippen LogP contribution in [-0.4, -0.2) is 28.1 Å². The summed E-state index contributed by atoms with van der Waals surface area (Å²) in [5.41, 5.74) is 0.306. The lowest BCUT2D eigenvalue weighted by Crippen LogP contribution is -2.16. The van der Waals surface area contributed by atoms with Crippen LogP contribution >= 0.6 is 11.3 Å². The molecule has 3 aromatic rings. The molecule has 3 rings (SSSR count). The Morgan fingerprint density at radius 2 is 1.81 bits per heavy atom. The van der Waals surface area contributed by atoms with E-state index in [1.54, 1.807) is 48.5 Å². The lowest BCUT2D eigenvalue weighted by molar-refractivity contribution is 0.0602. The normalized spacial score (nSPS) is 11.3. The van der Waals surface area contributed by atoms with E-state index in [-0.39, 0.29) is 9.77 Å². The number of fused-ring (bicyclic) bond motifs is 1. The molecular weight excluding hydrogens is 374 g/mol. The fourth-order valence-electron chi connectivity index (χ4n) is 2.54. The highest BCUT2D eigenvalue weighted by Gasteiger charge is 2.29. The van der Waals surface area contributed by atoms with Crippen LogP contribution in [0.2, 0.25) is 0 Å². The minimum Gasteiger partial charge on any atom is -0.492 e. The Morgan fingerprint density at radius 3 is 2.54 bits per heavy atom. The fourth-order valence-corrected chi connectivity index (χ4v) is 5.43. The number of ether oxygens (including phenoxy) is 2. The molecule has 0 atom stereocenters. The molecule has 0 fully saturated rings. The molecule has 0 radical (unpaired) electrons. The summed E-state index contributed by atoms with van der Waals surface area (Å²) in [5, 5.41) is 0.472. The van der Waals surface area contributed by atoms with Crippen LogP contribution in [0.4, 0.5) is 5.69 Å². The van der Waals surface area contributed by atoms with Gasteiger partial charge in [0.15, 0.2) is 0 Å². The highest BCUT2D eigenvalue weighted by Crippen LogP contribution is 2.37. The van der Waals surface area contributed by atoms with Gasteiger partial charge in [0.05, 0.1) is 19.4 Å². The molecule has 0 saturated carbocycles. The summed E-state index contributed by atoms with van der Waals surface area (Å²) in [6, 6.07) is 13.7. The topological polar surface area (TPSA) is 81.7 Å². The van der Waals surface area contributed by atoms with Gasteiger partial charge in [0, 0.05) is 10.1 Å². The largest absolute Gasteiger partial charge is 0.492 e. The van der Waals surface area contributed by atoms with E-state index in [1.165, 1.54) is 7.11 Å². The van der Waals surface area contributed by atoms with Crippen molar-refractivity contribution in [3.05, 3.63) is 53.4 Å². The monoisotopic (exact) mass is 391 g/mol. The van der Waals surface area contributed by atoms with E-state index in [1.807, 2.05) is 6.92 Å². The Morgan fingerprint density at radius 1 is 1.12 bits per heavy atom. The number of anilines is 1. The van der Waals surface area contributed by atoms with E-state index in [4.69, 9.17) is 9.47 Å². The Balaban J connectivity index is 2.15. The minimum atomic E-state index is -4.04. The Bertz CT molecular complexity index is 1060. The van der Waals surface area contributed by atoms with Crippen LogP contribution in [0.15, 0.2) is 53.4 Å². The number of thiophene rings is 1. The maximum absolute atomic E-state index is 13.1. The van der Waals surface area contributed by atoms with Gasteiger partial charge in [-0.25, -0.2) is 13.2 Å². The zero-order chi connectivity index (χ0) is 18.7. The summed E-state index contributed by atoms with van der Waals surface area (Å²) < 4.78 is 39.7. The van der Waals surface area contributed by atoms with E-state index >= 15 is 0 Å². The Hall–Kier alpha value is -2.58. The van der Waals surface area contributed by atoms with Crippen LogP contribution in [0.3, 0.4) is 0 Å². The number of rotatable bonds is 6. The molecule has 1 heterocycles. The van der Waals surface area contributed by atoms with Crippen LogP contribution in [0.25, 0.3) is 10.1 Å². The molecule has 1 N–H and O–H groups in total. The summed E-state index contributed by atoms with van der Waals surface area (Å²) in [7, 11) is -2.82. The van der Waals surface area contributed by atoms with Crippen LogP contribution < -0.4 is 9.46 Å². The van der Waals surface area contributed by atoms with Gasteiger partial charge < -0.3 is 9.47 Å². The second kappa shape index (κ2) is 7.35. The number of esters is 1. The van der Waals surface area contributed by atoms with Gasteiger partial charge in [0.25, 0.3) is 10.0 Å². The van der Waals surface area contributed by atoms with Crippen LogP contribution in [0.1, 0.15) is 16.6 Å². The molecule has 2 aromatic carbocycles. The summed E-state index contributed by atoms with van der Waals surface area (Å²) in [6.45, 7) is 2.21. The summed E-state index contributed by atoms with van der Waals surface area (Å²) >= 11 is 1.08. The molecule has 136 valence electrons. The standard InChI is InChI=1S/C18H17NO5S2/c1-3-24-14-10-6-5-9-13(14)19-26(21,22)17-12-8-4-7-11-15(12)25-16(17)18(20)23-2/h4-11,19H,3H2,1-2H3. The molecule has 0 unspecified atom stereocenters. The average Bonchev–Trinajstić information content (AvgIpc) is 3.03. The van der Waals surface area contributed by atoms with E-state index in [0.29, 0.717) is 28.1 Å². The first-order chi connectivity index (χ1) is 12.5. The molecule has 0 aliphatic carbocycles. The predicted octanol–water partition coefficient (Wildman–Crippen LogP) is 3.89. The summed E-state index contributed by atoms with van der Waals surface area (Å²) in [4.78, 5) is 12.1. The van der Waals surface area contributed by atoms with Crippen molar-refractivity contribution >= 4 is 43.1 Å². The lowest BCUT2D eigenvalue weighted by atomic mass is 10.2. The smallest absolute Gasteiger partial charge is 0.349 e. The molecule has 0 amide bonds. The van der Waals surface area contributed by atoms with Crippen LogP contribution in [0, 0.1) is 0 Å². The first-order valence-electron chi connectivity index (χ1n) is 7.82. The molecule has 26 heavy (non-hydrogen) atoms. The number of carbonyl (C=O) groups is 1. The van der Waals surface area contributed by atoms with Gasteiger partial charge in [0.2, 0.25) is 0 Å². The molecule has 8 heteroatoms. The maximum atomic E-state index is 13.1. The zero-order valence-corrected chi connectivity index (χ0v) is 15.8. The van der Waals surface area contributed by atoms with Crippen molar-refractivity contribution in [2.45, 2.75) is 11.8 Å². The van der Waals surface area contributed by atoms with Gasteiger partial charge in [-0.15, -0.1) is 11.3 Å². The van der Waals surface area contributed by atoms with Gasteiger partial charge in [-0.3, -0.25) is 4.72 Å². The third kappa shape index (κ3) is 3.38.